The van der Waals surface area contributed by atoms with Crippen molar-refractivity contribution in [2.75, 3.05) is 24.5 Å². The largest absolute Gasteiger partial charge is 0.341 e. The molecule has 20 heavy (non-hydrogen) atoms. The highest BCUT2D eigenvalue weighted by Gasteiger charge is 2.20. The van der Waals surface area contributed by atoms with Gasteiger partial charge in [0.05, 0.1) is 5.69 Å². The van der Waals surface area contributed by atoms with Gasteiger partial charge in [0.2, 0.25) is 5.95 Å². The van der Waals surface area contributed by atoms with Gasteiger partial charge in [-0.1, -0.05) is 0 Å². The maximum Gasteiger partial charge on any atom is 0.225 e. The minimum atomic E-state index is 0.648. The predicted octanol–water partition coefficient (Wildman–Crippen LogP) is 1.71. The van der Waals surface area contributed by atoms with Crippen molar-refractivity contribution in [3.63, 3.8) is 0 Å². The Hall–Kier alpha value is -2.01. The number of aromatic nitrogens is 3. The fourth-order valence-corrected chi connectivity index (χ4v) is 2.55. The number of hydrogen-bond donors (Lipinski definition) is 1. The molecule has 1 fully saturated rings. The first-order chi connectivity index (χ1) is 9.86. The van der Waals surface area contributed by atoms with Crippen LogP contribution in [0.15, 0.2) is 36.8 Å². The van der Waals surface area contributed by atoms with Gasteiger partial charge in [-0.15, -0.1) is 0 Å². The molecule has 104 valence electrons. The fourth-order valence-electron chi connectivity index (χ4n) is 2.55. The molecule has 0 aliphatic carbocycles. The number of pyridine rings is 1. The molecule has 1 saturated heterocycles. The zero-order valence-electron chi connectivity index (χ0n) is 11.4. The minimum absolute atomic E-state index is 0.648. The molecule has 3 heterocycles. The molecule has 1 aliphatic rings. The molecule has 1 aliphatic heterocycles. The van der Waals surface area contributed by atoms with Crippen molar-refractivity contribution in [3.05, 3.63) is 36.8 Å². The van der Waals surface area contributed by atoms with Crippen LogP contribution in [-0.4, -0.2) is 34.6 Å². The highest BCUT2D eigenvalue weighted by atomic mass is 15.2. The Morgan fingerprint density at radius 3 is 2.55 bits per heavy atom. The summed E-state index contributed by atoms with van der Waals surface area (Å²) in [4.78, 5) is 15.4. The van der Waals surface area contributed by atoms with E-state index in [2.05, 4.69) is 19.9 Å². The van der Waals surface area contributed by atoms with Gasteiger partial charge in [0.25, 0.3) is 0 Å². The Kier molecular flexibility index (Phi) is 3.87. The second-order valence-electron chi connectivity index (χ2n) is 5.14. The lowest BCUT2D eigenvalue weighted by Crippen LogP contribution is -2.37. The number of hydrogen-bond acceptors (Lipinski definition) is 5. The average Bonchev–Trinajstić information content (AvgIpc) is 2.56. The molecule has 5 nitrogen and oxygen atoms in total. The molecular weight excluding hydrogens is 250 g/mol. The smallest absolute Gasteiger partial charge is 0.225 e. The van der Waals surface area contributed by atoms with Gasteiger partial charge >= 0.3 is 0 Å². The second kappa shape index (κ2) is 5.96. The van der Waals surface area contributed by atoms with Crippen LogP contribution in [0.4, 0.5) is 5.95 Å². The van der Waals surface area contributed by atoms with Crippen molar-refractivity contribution in [2.24, 2.45) is 11.7 Å². The Labute approximate surface area is 118 Å². The molecule has 0 unspecified atom stereocenters. The molecule has 2 N–H and O–H groups in total. The molecule has 0 atom stereocenters. The maximum absolute atomic E-state index is 5.73. The zero-order valence-corrected chi connectivity index (χ0v) is 11.4. The quantitative estimate of drug-likeness (QED) is 0.918. The van der Waals surface area contributed by atoms with Crippen molar-refractivity contribution in [3.8, 4) is 11.3 Å². The Morgan fingerprint density at radius 2 is 1.85 bits per heavy atom. The SMILES string of the molecule is NCC1CCN(c2nccc(-c3ccncc3)n2)CC1. The van der Waals surface area contributed by atoms with Gasteiger partial charge in [-0.25, -0.2) is 9.97 Å². The molecule has 2 aromatic rings. The maximum atomic E-state index is 5.73. The lowest BCUT2D eigenvalue weighted by molar-refractivity contribution is 0.411. The summed E-state index contributed by atoms with van der Waals surface area (Å²) in [5.74, 6) is 1.46. The number of rotatable bonds is 3. The molecule has 0 bridgehead atoms. The van der Waals surface area contributed by atoms with Gasteiger partial charge in [-0.05, 0) is 43.5 Å². The van der Waals surface area contributed by atoms with Crippen molar-refractivity contribution >= 4 is 5.95 Å². The summed E-state index contributed by atoms with van der Waals surface area (Å²) in [7, 11) is 0. The fraction of sp³-hybridized carbons (Fsp3) is 0.400. The van der Waals surface area contributed by atoms with Crippen LogP contribution in [0.25, 0.3) is 11.3 Å². The highest BCUT2D eigenvalue weighted by molar-refractivity contribution is 5.59. The van der Waals surface area contributed by atoms with E-state index in [1.807, 2.05) is 24.4 Å². The first kappa shape index (κ1) is 13.0. The van der Waals surface area contributed by atoms with Crippen LogP contribution in [0.1, 0.15) is 12.8 Å². The van der Waals surface area contributed by atoms with Crippen LogP contribution in [0, 0.1) is 5.92 Å². The molecule has 2 aromatic heterocycles. The minimum Gasteiger partial charge on any atom is -0.341 e. The van der Waals surface area contributed by atoms with E-state index in [1.54, 1.807) is 12.4 Å². The van der Waals surface area contributed by atoms with Gasteiger partial charge in [-0.3, -0.25) is 4.98 Å². The van der Waals surface area contributed by atoms with Gasteiger partial charge in [-0.2, -0.15) is 0 Å². The normalized spacial score (nSPS) is 16.4. The summed E-state index contributed by atoms with van der Waals surface area (Å²) in [6.45, 7) is 2.76. The molecule has 0 radical (unpaired) electrons. The molecule has 0 spiro atoms. The standard InChI is InChI=1S/C15H19N5/c16-11-12-4-9-20(10-5-12)15-18-8-3-14(19-15)13-1-6-17-7-2-13/h1-3,6-8,12H,4-5,9-11,16H2. The predicted molar refractivity (Wildman–Crippen MR) is 79.3 cm³/mol. The Balaban J connectivity index is 1.78. The van der Waals surface area contributed by atoms with E-state index in [4.69, 9.17) is 5.73 Å². The summed E-state index contributed by atoms with van der Waals surface area (Å²) in [6.07, 6.45) is 7.64. The Morgan fingerprint density at radius 1 is 1.10 bits per heavy atom. The lowest BCUT2D eigenvalue weighted by atomic mass is 9.97. The zero-order chi connectivity index (χ0) is 13.8. The van der Waals surface area contributed by atoms with Gasteiger partial charge in [0.1, 0.15) is 0 Å². The van der Waals surface area contributed by atoms with Gasteiger partial charge in [0, 0.05) is 37.2 Å². The second-order valence-corrected chi connectivity index (χ2v) is 5.14. The van der Waals surface area contributed by atoms with E-state index in [9.17, 15) is 0 Å². The number of anilines is 1. The van der Waals surface area contributed by atoms with Crippen LogP contribution in [0.3, 0.4) is 0 Å². The third kappa shape index (κ3) is 2.77. The Bertz CT molecular complexity index is 549. The molecule has 5 heteroatoms. The molecule has 0 amide bonds. The molecular formula is C15H19N5. The first-order valence-electron chi connectivity index (χ1n) is 7.05. The van der Waals surface area contributed by atoms with Crippen LogP contribution in [-0.2, 0) is 0 Å². The third-order valence-corrected chi connectivity index (χ3v) is 3.85. The van der Waals surface area contributed by atoms with E-state index in [0.29, 0.717) is 5.92 Å². The number of piperidine rings is 1. The van der Waals surface area contributed by atoms with E-state index < -0.39 is 0 Å². The summed E-state index contributed by atoms with van der Waals surface area (Å²) in [5.41, 5.74) is 7.74. The summed E-state index contributed by atoms with van der Waals surface area (Å²) in [5, 5.41) is 0. The van der Waals surface area contributed by atoms with Gasteiger partial charge < -0.3 is 10.6 Å². The summed E-state index contributed by atoms with van der Waals surface area (Å²) >= 11 is 0. The van der Waals surface area contributed by atoms with Crippen molar-refractivity contribution in [2.45, 2.75) is 12.8 Å². The summed E-state index contributed by atoms with van der Waals surface area (Å²) in [6, 6.07) is 5.87. The van der Waals surface area contributed by atoms with E-state index >= 15 is 0 Å². The van der Waals surface area contributed by atoms with Crippen LogP contribution < -0.4 is 10.6 Å². The highest BCUT2D eigenvalue weighted by Crippen LogP contribution is 2.22. The third-order valence-electron chi connectivity index (χ3n) is 3.85. The van der Waals surface area contributed by atoms with Crippen molar-refractivity contribution in [1.29, 1.82) is 0 Å². The summed E-state index contributed by atoms with van der Waals surface area (Å²) < 4.78 is 0. The average molecular weight is 269 g/mol. The van der Waals surface area contributed by atoms with E-state index in [1.165, 1.54) is 0 Å². The van der Waals surface area contributed by atoms with Crippen LogP contribution in [0.2, 0.25) is 0 Å². The van der Waals surface area contributed by atoms with Crippen molar-refractivity contribution in [1.82, 2.24) is 15.0 Å². The number of nitrogens with two attached hydrogens (primary N) is 1. The molecule has 0 aromatic carbocycles. The van der Waals surface area contributed by atoms with E-state index in [0.717, 1.165) is 49.7 Å². The van der Waals surface area contributed by atoms with Crippen molar-refractivity contribution < 1.29 is 0 Å². The molecule has 3 rings (SSSR count). The van der Waals surface area contributed by atoms with E-state index in [-0.39, 0.29) is 0 Å². The number of nitrogens with zero attached hydrogens (tertiary/aromatic N) is 4. The topological polar surface area (TPSA) is 67.9 Å². The lowest BCUT2D eigenvalue weighted by Gasteiger charge is -2.31. The van der Waals surface area contributed by atoms with Crippen LogP contribution in [0.5, 0.6) is 0 Å². The van der Waals surface area contributed by atoms with Crippen LogP contribution >= 0.6 is 0 Å². The van der Waals surface area contributed by atoms with Gasteiger partial charge in [0.15, 0.2) is 0 Å². The molecule has 0 saturated carbocycles. The monoisotopic (exact) mass is 269 g/mol. The first-order valence-corrected chi connectivity index (χ1v) is 7.05.